The van der Waals surface area contributed by atoms with E-state index in [9.17, 15) is 24.8 Å². The summed E-state index contributed by atoms with van der Waals surface area (Å²) in [5, 5.41) is 22.9. The lowest BCUT2D eigenvalue weighted by atomic mass is 9.82. The summed E-state index contributed by atoms with van der Waals surface area (Å²) in [6.45, 7) is 2.11. The lowest BCUT2D eigenvalue weighted by Crippen LogP contribution is -2.34. The molecule has 0 spiro atoms. The van der Waals surface area contributed by atoms with Crippen LogP contribution in [-0.2, 0) is 9.59 Å². The molecule has 8 nitrogen and oxygen atoms in total. The number of carbonyl (C=O) groups excluding carboxylic acids is 1. The van der Waals surface area contributed by atoms with Gasteiger partial charge in [0.05, 0.1) is 29.4 Å². The van der Waals surface area contributed by atoms with Crippen molar-refractivity contribution in [1.82, 2.24) is 0 Å². The highest BCUT2D eigenvalue weighted by molar-refractivity contribution is 5.97. The number of aliphatic carboxylic acids is 1. The minimum Gasteiger partial charge on any atom is -0.494 e. The highest BCUT2D eigenvalue weighted by Crippen LogP contribution is 2.32. The van der Waals surface area contributed by atoms with E-state index in [1.165, 1.54) is 18.2 Å². The Bertz CT molecular complexity index is 685. The number of benzene rings is 1. The van der Waals surface area contributed by atoms with Crippen molar-refractivity contribution < 1.29 is 24.4 Å². The molecule has 0 fully saturated rings. The third-order valence-corrected chi connectivity index (χ3v) is 3.82. The number of carboxylic acids is 1. The van der Waals surface area contributed by atoms with Gasteiger partial charge in [0.15, 0.2) is 0 Å². The smallest absolute Gasteiger partial charge is 0.307 e. The van der Waals surface area contributed by atoms with E-state index in [-0.39, 0.29) is 24.2 Å². The van der Waals surface area contributed by atoms with Crippen LogP contribution in [-0.4, -0.2) is 28.5 Å². The van der Waals surface area contributed by atoms with E-state index >= 15 is 0 Å². The van der Waals surface area contributed by atoms with Crippen LogP contribution in [0.1, 0.15) is 19.8 Å². The first-order valence-corrected chi connectivity index (χ1v) is 7.54. The standard InChI is InChI=1S/C16H18N2O6/c1-2-24-10-7-8-13(14(9-10)18(22)23)17-15(19)11-5-3-4-6-12(11)16(20)21/h3-4,7-9,11-12H,2,5-6H2,1H3,(H,17,19)(H,20,21)/t11-,12+/m1/s1. The minimum atomic E-state index is -1.05. The molecule has 0 heterocycles. The summed E-state index contributed by atoms with van der Waals surface area (Å²) in [5.41, 5.74) is -0.278. The number of rotatable bonds is 6. The summed E-state index contributed by atoms with van der Waals surface area (Å²) >= 11 is 0. The quantitative estimate of drug-likeness (QED) is 0.469. The van der Waals surface area contributed by atoms with Gasteiger partial charge in [0.1, 0.15) is 11.4 Å². The molecule has 24 heavy (non-hydrogen) atoms. The van der Waals surface area contributed by atoms with Crippen molar-refractivity contribution >= 4 is 23.3 Å². The Labute approximate surface area is 138 Å². The Morgan fingerprint density at radius 2 is 2.00 bits per heavy atom. The Morgan fingerprint density at radius 3 is 2.58 bits per heavy atom. The predicted octanol–water partition coefficient (Wildman–Crippen LogP) is 2.60. The fraction of sp³-hybridized carbons (Fsp3) is 0.375. The molecule has 128 valence electrons. The summed E-state index contributed by atoms with van der Waals surface area (Å²) < 4.78 is 5.22. The zero-order valence-electron chi connectivity index (χ0n) is 13.1. The van der Waals surface area contributed by atoms with Crippen LogP contribution in [0.25, 0.3) is 0 Å². The predicted molar refractivity (Wildman–Crippen MR) is 85.9 cm³/mol. The maximum Gasteiger partial charge on any atom is 0.307 e. The number of carbonyl (C=O) groups is 2. The summed E-state index contributed by atoms with van der Waals surface area (Å²) in [5.74, 6) is -2.87. The molecule has 8 heteroatoms. The number of hydrogen-bond donors (Lipinski definition) is 2. The molecular weight excluding hydrogens is 316 g/mol. The number of nitro groups is 1. The van der Waals surface area contributed by atoms with Crippen molar-refractivity contribution in [3.63, 3.8) is 0 Å². The fourth-order valence-electron chi connectivity index (χ4n) is 2.63. The van der Waals surface area contributed by atoms with Crippen LogP contribution in [0.3, 0.4) is 0 Å². The first-order valence-electron chi connectivity index (χ1n) is 7.54. The Balaban J connectivity index is 2.23. The maximum absolute atomic E-state index is 12.4. The summed E-state index contributed by atoms with van der Waals surface area (Å²) in [6.07, 6.45) is 4.02. The van der Waals surface area contributed by atoms with Crippen molar-refractivity contribution in [2.75, 3.05) is 11.9 Å². The molecular formula is C16H18N2O6. The number of anilines is 1. The SMILES string of the molecule is CCOc1ccc(NC(=O)[C@@H]2CC=CC[C@@H]2C(=O)O)c([N+](=O)[O-])c1. The molecule has 1 aliphatic carbocycles. The largest absolute Gasteiger partial charge is 0.494 e. The second kappa shape index (κ2) is 7.58. The number of hydrogen-bond acceptors (Lipinski definition) is 5. The fourth-order valence-corrected chi connectivity index (χ4v) is 2.63. The summed E-state index contributed by atoms with van der Waals surface area (Å²) in [7, 11) is 0. The number of carboxylic acid groups (broad SMARTS) is 1. The Kier molecular flexibility index (Phi) is 5.51. The van der Waals surface area contributed by atoms with Crippen LogP contribution in [0.2, 0.25) is 0 Å². The maximum atomic E-state index is 12.4. The van der Waals surface area contributed by atoms with E-state index in [0.717, 1.165) is 0 Å². The molecule has 0 aliphatic heterocycles. The number of nitro benzene ring substituents is 1. The van der Waals surface area contributed by atoms with Crippen LogP contribution >= 0.6 is 0 Å². The molecule has 1 aromatic carbocycles. The van der Waals surface area contributed by atoms with Crippen molar-refractivity contribution in [1.29, 1.82) is 0 Å². The monoisotopic (exact) mass is 334 g/mol. The van der Waals surface area contributed by atoms with Gasteiger partial charge in [-0.05, 0) is 31.9 Å². The van der Waals surface area contributed by atoms with Crippen LogP contribution in [0.5, 0.6) is 5.75 Å². The highest BCUT2D eigenvalue weighted by Gasteiger charge is 2.34. The molecule has 0 unspecified atom stereocenters. The third-order valence-electron chi connectivity index (χ3n) is 3.82. The van der Waals surface area contributed by atoms with Gasteiger partial charge in [-0.3, -0.25) is 19.7 Å². The lowest BCUT2D eigenvalue weighted by molar-refractivity contribution is -0.384. The first-order chi connectivity index (χ1) is 11.4. The van der Waals surface area contributed by atoms with Gasteiger partial charge in [0, 0.05) is 0 Å². The first kappa shape index (κ1) is 17.5. The molecule has 0 saturated carbocycles. The molecule has 2 atom stereocenters. The number of allylic oxidation sites excluding steroid dienone is 2. The van der Waals surface area contributed by atoms with Crippen molar-refractivity contribution in [2.24, 2.45) is 11.8 Å². The second-order valence-electron chi connectivity index (χ2n) is 5.35. The molecule has 2 N–H and O–H groups in total. The third kappa shape index (κ3) is 3.89. The highest BCUT2D eigenvalue weighted by atomic mass is 16.6. The van der Waals surface area contributed by atoms with Gasteiger partial charge in [-0.2, -0.15) is 0 Å². The normalized spacial score (nSPS) is 19.5. The molecule has 0 bridgehead atoms. The number of ether oxygens (including phenoxy) is 1. The molecule has 1 amide bonds. The zero-order chi connectivity index (χ0) is 17.7. The number of nitrogens with one attached hydrogen (secondary N) is 1. The van der Waals surface area contributed by atoms with E-state index in [1.807, 2.05) is 0 Å². The molecule has 2 rings (SSSR count). The summed E-state index contributed by atoms with van der Waals surface area (Å²) in [6, 6.07) is 4.13. The zero-order valence-corrected chi connectivity index (χ0v) is 13.1. The molecule has 0 radical (unpaired) electrons. The Hall–Kier alpha value is -2.90. The van der Waals surface area contributed by atoms with Gasteiger partial charge in [-0.15, -0.1) is 0 Å². The molecule has 1 aromatic rings. The molecule has 0 saturated heterocycles. The van der Waals surface area contributed by atoms with Crippen LogP contribution in [0, 0.1) is 22.0 Å². The van der Waals surface area contributed by atoms with Crippen LogP contribution in [0.4, 0.5) is 11.4 Å². The Morgan fingerprint density at radius 1 is 1.33 bits per heavy atom. The van der Waals surface area contributed by atoms with Crippen LogP contribution in [0.15, 0.2) is 30.4 Å². The van der Waals surface area contributed by atoms with E-state index in [2.05, 4.69) is 5.32 Å². The van der Waals surface area contributed by atoms with Crippen LogP contribution < -0.4 is 10.1 Å². The lowest BCUT2D eigenvalue weighted by Gasteiger charge is -2.24. The number of amides is 1. The average Bonchev–Trinajstić information content (AvgIpc) is 2.56. The topological polar surface area (TPSA) is 119 Å². The molecule has 0 aromatic heterocycles. The molecule has 1 aliphatic rings. The van der Waals surface area contributed by atoms with Gasteiger partial charge < -0.3 is 15.2 Å². The van der Waals surface area contributed by atoms with E-state index in [4.69, 9.17) is 4.74 Å². The van der Waals surface area contributed by atoms with Gasteiger partial charge in [-0.25, -0.2) is 0 Å². The van der Waals surface area contributed by atoms with E-state index in [1.54, 1.807) is 19.1 Å². The van der Waals surface area contributed by atoms with Crippen molar-refractivity contribution in [3.8, 4) is 5.75 Å². The van der Waals surface area contributed by atoms with Gasteiger partial charge in [0.25, 0.3) is 5.69 Å². The second-order valence-corrected chi connectivity index (χ2v) is 5.35. The van der Waals surface area contributed by atoms with Gasteiger partial charge in [-0.1, -0.05) is 12.2 Å². The van der Waals surface area contributed by atoms with Crippen molar-refractivity contribution in [3.05, 3.63) is 40.5 Å². The van der Waals surface area contributed by atoms with Crippen molar-refractivity contribution in [2.45, 2.75) is 19.8 Å². The summed E-state index contributed by atoms with van der Waals surface area (Å²) in [4.78, 5) is 34.3. The van der Waals surface area contributed by atoms with Gasteiger partial charge >= 0.3 is 5.97 Å². The minimum absolute atomic E-state index is 0.0205. The van der Waals surface area contributed by atoms with E-state index in [0.29, 0.717) is 12.4 Å². The average molecular weight is 334 g/mol. The van der Waals surface area contributed by atoms with Gasteiger partial charge in [0.2, 0.25) is 5.91 Å². The number of nitrogens with zero attached hydrogens (tertiary/aromatic N) is 1. The van der Waals surface area contributed by atoms with E-state index < -0.39 is 28.6 Å².